The fourth-order valence-corrected chi connectivity index (χ4v) is 2.95. The van der Waals surface area contributed by atoms with Gasteiger partial charge in [0.1, 0.15) is 5.82 Å². The molecule has 0 radical (unpaired) electrons. The molecule has 0 aromatic heterocycles. The molecule has 0 aliphatic heterocycles. The summed E-state index contributed by atoms with van der Waals surface area (Å²) in [6.45, 7) is 5.65. The van der Waals surface area contributed by atoms with E-state index in [0.29, 0.717) is 21.7 Å². The summed E-state index contributed by atoms with van der Waals surface area (Å²) in [5.74, 6) is -0.619. The molecular weight excluding hydrogens is 367 g/mol. The Balaban J connectivity index is 2.16. The number of aliphatic hydroxyl groups excluding tert-OH is 1. The summed E-state index contributed by atoms with van der Waals surface area (Å²) in [6, 6.07) is 10.6. The zero-order valence-electron chi connectivity index (χ0n) is 15.8. The maximum Gasteiger partial charge on any atom is 0.252 e. The molecule has 0 fully saturated rings. The van der Waals surface area contributed by atoms with Gasteiger partial charge in [0.2, 0.25) is 0 Å². The van der Waals surface area contributed by atoms with Crippen molar-refractivity contribution in [2.45, 2.75) is 51.3 Å². The molecule has 2 aromatic rings. The minimum Gasteiger partial charge on any atom is -0.391 e. The molecule has 2 atom stereocenters. The predicted octanol–water partition coefficient (Wildman–Crippen LogP) is 3.48. The Labute approximate surface area is 164 Å². The number of amides is 1. The molecule has 0 aliphatic carbocycles. The van der Waals surface area contributed by atoms with Crippen LogP contribution in [0.1, 0.15) is 42.3 Å². The van der Waals surface area contributed by atoms with Crippen molar-refractivity contribution in [3.05, 3.63) is 70.0 Å². The van der Waals surface area contributed by atoms with Gasteiger partial charge in [-0.1, -0.05) is 35.9 Å². The average molecular weight is 393 g/mol. The number of benzene rings is 2. The standard InChI is InChI=1S/C21H26ClFN2O2/c1-21(2,3)25-20(27)16-12-15(22)9-8-13(16)11-19(26)18(24)10-14-6-4-5-7-17(14)23/h4-9,12,18-19,26H,10-11,24H2,1-3H3,(H,25,27)/t18-,19+/m1/s1. The van der Waals surface area contributed by atoms with Gasteiger partial charge in [-0.3, -0.25) is 4.79 Å². The van der Waals surface area contributed by atoms with Crippen LogP contribution < -0.4 is 11.1 Å². The Morgan fingerprint density at radius 2 is 1.85 bits per heavy atom. The summed E-state index contributed by atoms with van der Waals surface area (Å²) in [5, 5.41) is 13.8. The Kier molecular flexibility index (Phi) is 6.98. The maximum atomic E-state index is 13.8. The monoisotopic (exact) mass is 392 g/mol. The molecule has 0 spiro atoms. The first-order chi connectivity index (χ1) is 12.6. The van der Waals surface area contributed by atoms with Crippen LogP contribution in [0.2, 0.25) is 5.02 Å². The van der Waals surface area contributed by atoms with Crippen molar-refractivity contribution in [2.24, 2.45) is 5.73 Å². The average Bonchev–Trinajstić information content (AvgIpc) is 2.56. The van der Waals surface area contributed by atoms with Crippen molar-refractivity contribution in [3.63, 3.8) is 0 Å². The van der Waals surface area contributed by atoms with Crippen LogP contribution in [0.25, 0.3) is 0 Å². The smallest absolute Gasteiger partial charge is 0.252 e. The summed E-state index contributed by atoms with van der Waals surface area (Å²) in [6.07, 6.45) is -0.572. The normalized spacial score (nSPS) is 13.9. The highest BCUT2D eigenvalue weighted by Crippen LogP contribution is 2.20. The maximum absolute atomic E-state index is 13.8. The summed E-state index contributed by atoms with van der Waals surface area (Å²) in [5.41, 5.74) is 7.16. The van der Waals surface area contributed by atoms with Crippen LogP contribution in [0.4, 0.5) is 4.39 Å². The van der Waals surface area contributed by atoms with E-state index in [1.807, 2.05) is 20.8 Å². The largest absolute Gasteiger partial charge is 0.391 e. The number of carbonyl (C=O) groups is 1. The Morgan fingerprint density at radius 1 is 1.19 bits per heavy atom. The fraction of sp³-hybridized carbons (Fsp3) is 0.381. The van der Waals surface area contributed by atoms with E-state index in [0.717, 1.165) is 0 Å². The van der Waals surface area contributed by atoms with Crippen molar-refractivity contribution in [1.82, 2.24) is 5.32 Å². The molecule has 1 amide bonds. The van der Waals surface area contributed by atoms with Gasteiger partial charge in [-0.15, -0.1) is 0 Å². The van der Waals surface area contributed by atoms with Crippen LogP contribution in [0.3, 0.4) is 0 Å². The molecule has 4 nitrogen and oxygen atoms in total. The van der Waals surface area contributed by atoms with Crippen LogP contribution in [-0.4, -0.2) is 28.7 Å². The number of nitrogens with one attached hydrogen (secondary N) is 1. The van der Waals surface area contributed by atoms with Crippen molar-refractivity contribution in [3.8, 4) is 0 Å². The summed E-state index contributed by atoms with van der Waals surface area (Å²) in [7, 11) is 0. The molecule has 2 aromatic carbocycles. The van der Waals surface area contributed by atoms with E-state index in [-0.39, 0.29) is 24.6 Å². The molecule has 0 bridgehead atoms. The predicted molar refractivity (Wildman–Crippen MR) is 106 cm³/mol. The van der Waals surface area contributed by atoms with Crippen LogP contribution in [0.5, 0.6) is 0 Å². The second-order valence-electron chi connectivity index (χ2n) is 7.74. The minimum absolute atomic E-state index is 0.166. The summed E-state index contributed by atoms with van der Waals surface area (Å²) in [4.78, 5) is 12.6. The summed E-state index contributed by atoms with van der Waals surface area (Å²) < 4.78 is 13.8. The van der Waals surface area contributed by atoms with E-state index in [4.69, 9.17) is 17.3 Å². The van der Waals surface area contributed by atoms with Gasteiger partial charge in [0.05, 0.1) is 6.10 Å². The molecule has 2 rings (SSSR count). The molecule has 0 heterocycles. The SMILES string of the molecule is CC(C)(C)NC(=O)c1cc(Cl)ccc1C[C@H](O)[C@H](N)Cc1ccccc1F. The number of nitrogens with two attached hydrogens (primary N) is 1. The van der Waals surface area contributed by atoms with Gasteiger partial charge in [0.15, 0.2) is 0 Å². The van der Waals surface area contributed by atoms with Gasteiger partial charge in [-0.2, -0.15) is 0 Å². The molecule has 0 saturated heterocycles. The van der Waals surface area contributed by atoms with E-state index in [1.165, 1.54) is 6.07 Å². The fourth-order valence-electron chi connectivity index (χ4n) is 2.78. The number of hydrogen-bond donors (Lipinski definition) is 3. The number of rotatable bonds is 6. The highest BCUT2D eigenvalue weighted by atomic mass is 35.5. The molecular formula is C21H26ClFN2O2. The van der Waals surface area contributed by atoms with Crippen LogP contribution in [-0.2, 0) is 12.8 Å². The van der Waals surface area contributed by atoms with E-state index >= 15 is 0 Å². The van der Waals surface area contributed by atoms with Crippen molar-refractivity contribution in [1.29, 1.82) is 0 Å². The first kappa shape index (κ1) is 21.4. The van der Waals surface area contributed by atoms with Gasteiger partial charge in [-0.25, -0.2) is 4.39 Å². The lowest BCUT2D eigenvalue weighted by Crippen LogP contribution is -2.42. The molecule has 6 heteroatoms. The van der Waals surface area contributed by atoms with Gasteiger partial charge in [0, 0.05) is 28.6 Å². The number of hydrogen-bond acceptors (Lipinski definition) is 3. The van der Waals surface area contributed by atoms with Crippen molar-refractivity contribution >= 4 is 17.5 Å². The van der Waals surface area contributed by atoms with E-state index < -0.39 is 17.7 Å². The van der Waals surface area contributed by atoms with Crippen LogP contribution in [0.15, 0.2) is 42.5 Å². The molecule has 0 unspecified atom stereocenters. The molecule has 146 valence electrons. The second kappa shape index (κ2) is 8.83. The minimum atomic E-state index is -0.938. The van der Waals surface area contributed by atoms with Crippen molar-refractivity contribution < 1.29 is 14.3 Å². The van der Waals surface area contributed by atoms with E-state index in [2.05, 4.69) is 5.32 Å². The third-order valence-corrected chi connectivity index (χ3v) is 4.38. The molecule has 0 saturated carbocycles. The van der Waals surface area contributed by atoms with Gasteiger partial charge in [0.25, 0.3) is 5.91 Å². The van der Waals surface area contributed by atoms with E-state index in [1.54, 1.807) is 36.4 Å². The number of aliphatic hydroxyl groups is 1. The van der Waals surface area contributed by atoms with Gasteiger partial charge in [-0.05, 0) is 56.5 Å². The van der Waals surface area contributed by atoms with Gasteiger partial charge >= 0.3 is 0 Å². The molecule has 0 aliphatic rings. The van der Waals surface area contributed by atoms with E-state index in [9.17, 15) is 14.3 Å². The Hall–Kier alpha value is -1.95. The highest BCUT2D eigenvalue weighted by Gasteiger charge is 2.22. The van der Waals surface area contributed by atoms with Gasteiger partial charge < -0.3 is 16.2 Å². The zero-order chi connectivity index (χ0) is 20.2. The third-order valence-electron chi connectivity index (χ3n) is 4.14. The third kappa shape index (κ3) is 6.31. The summed E-state index contributed by atoms with van der Waals surface area (Å²) >= 11 is 6.05. The topological polar surface area (TPSA) is 75.3 Å². The lowest BCUT2D eigenvalue weighted by Gasteiger charge is -2.23. The van der Waals surface area contributed by atoms with Crippen LogP contribution >= 0.6 is 11.6 Å². The first-order valence-corrected chi connectivity index (χ1v) is 9.22. The molecule has 27 heavy (non-hydrogen) atoms. The van der Waals surface area contributed by atoms with Crippen LogP contribution in [0, 0.1) is 5.82 Å². The first-order valence-electron chi connectivity index (χ1n) is 8.85. The number of halogens is 2. The lowest BCUT2D eigenvalue weighted by molar-refractivity contribution is 0.0917. The van der Waals surface area contributed by atoms with Crippen molar-refractivity contribution in [2.75, 3.05) is 0 Å². The Morgan fingerprint density at radius 3 is 2.48 bits per heavy atom. The Bertz CT molecular complexity index is 805. The highest BCUT2D eigenvalue weighted by molar-refractivity contribution is 6.31. The number of carbonyl (C=O) groups excluding carboxylic acids is 1. The zero-order valence-corrected chi connectivity index (χ0v) is 16.6. The quantitative estimate of drug-likeness (QED) is 0.704. The second-order valence-corrected chi connectivity index (χ2v) is 8.17. The lowest BCUT2D eigenvalue weighted by atomic mass is 9.94. The molecule has 4 N–H and O–H groups in total.